The first-order valence-corrected chi connectivity index (χ1v) is 5.70. The smallest absolute Gasteiger partial charge is 0.252 e. The van der Waals surface area contributed by atoms with Crippen LogP contribution in [0.3, 0.4) is 0 Å². The first-order chi connectivity index (χ1) is 8.79. The molecule has 0 saturated carbocycles. The van der Waals surface area contributed by atoms with E-state index < -0.39 is 0 Å². The Morgan fingerprint density at radius 3 is 3.00 bits per heavy atom. The van der Waals surface area contributed by atoms with Crippen molar-refractivity contribution in [2.75, 3.05) is 31.8 Å². The van der Waals surface area contributed by atoms with Crippen LogP contribution in [0.1, 0.15) is 10.4 Å². The highest BCUT2D eigenvalue weighted by molar-refractivity contribution is 5.94. The third-order valence-corrected chi connectivity index (χ3v) is 2.55. The molecule has 0 aromatic carbocycles. The van der Waals surface area contributed by atoms with Gasteiger partial charge in [-0.15, -0.1) is 0 Å². The highest BCUT2D eigenvalue weighted by atomic mass is 16.6. The van der Waals surface area contributed by atoms with Gasteiger partial charge in [0.25, 0.3) is 5.91 Å². The van der Waals surface area contributed by atoms with Crippen LogP contribution in [0.5, 0.6) is 0 Å². The number of pyridine rings is 1. The number of anilines is 1. The molecule has 0 aliphatic carbocycles. The summed E-state index contributed by atoms with van der Waals surface area (Å²) in [5, 5.41) is 2.77. The van der Waals surface area contributed by atoms with Gasteiger partial charge in [-0.1, -0.05) is 0 Å². The lowest BCUT2D eigenvalue weighted by Crippen LogP contribution is -2.39. The number of nitrogen functional groups attached to an aromatic ring is 1. The summed E-state index contributed by atoms with van der Waals surface area (Å²) in [5.41, 5.74) is 2.87. The number of rotatable bonds is 4. The van der Waals surface area contributed by atoms with Gasteiger partial charge in [0.1, 0.15) is 5.82 Å². The Morgan fingerprint density at radius 2 is 2.39 bits per heavy atom. The Bertz CT molecular complexity index is 390. The maximum Gasteiger partial charge on any atom is 0.252 e. The predicted octanol–water partition coefficient (Wildman–Crippen LogP) is -0.488. The largest absolute Gasteiger partial charge is 0.376 e. The monoisotopic (exact) mass is 252 g/mol. The number of nitrogens with two attached hydrogens (primary N) is 1. The summed E-state index contributed by atoms with van der Waals surface area (Å²) >= 11 is 0. The second kappa shape index (κ2) is 6.29. The van der Waals surface area contributed by atoms with Gasteiger partial charge in [0.2, 0.25) is 0 Å². The third-order valence-electron chi connectivity index (χ3n) is 2.55. The molecule has 1 aliphatic rings. The van der Waals surface area contributed by atoms with E-state index in [2.05, 4.69) is 15.7 Å². The number of hydrogen-bond donors (Lipinski definition) is 3. The van der Waals surface area contributed by atoms with E-state index in [-0.39, 0.29) is 12.0 Å². The van der Waals surface area contributed by atoms with Gasteiger partial charge in [-0.3, -0.25) is 4.79 Å². The fourth-order valence-corrected chi connectivity index (χ4v) is 1.58. The van der Waals surface area contributed by atoms with Crippen molar-refractivity contribution in [2.24, 2.45) is 5.84 Å². The number of nitrogens with zero attached hydrogens (tertiary/aromatic N) is 1. The molecule has 1 aromatic heterocycles. The van der Waals surface area contributed by atoms with Crippen molar-refractivity contribution in [3.63, 3.8) is 0 Å². The van der Waals surface area contributed by atoms with E-state index in [9.17, 15) is 4.79 Å². The number of hydrazine groups is 1. The number of aromatic nitrogens is 1. The lowest BCUT2D eigenvalue weighted by Gasteiger charge is -2.23. The van der Waals surface area contributed by atoms with Gasteiger partial charge in [0.15, 0.2) is 0 Å². The second-order valence-corrected chi connectivity index (χ2v) is 3.85. The molecule has 98 valence electrons. The molecule has 1 amide bonds. The van der Waals surface area contributed by atoms with Gasteiger partial charge in [-0.25, -0.2) is 10.8 Å². The van der Waals surface area contributed by atoms with Crippen molar-refractivity contribution in [3.8, 4) is 0 Å². The Labute approximate surface area is 105 Å². The molecule has 0 spiro atoms. The highest BCUT2D eigenvalue weighted by Gasteiger charge is 2.15. The summed E-state index contributed by atoms with van der Waals surface area (Å²) in [7, 11) is 0. The van der Waals surface area contributed by atoms with Crippen molar-refractivity contribution >= 4 is 11.7 Å². The molecule has 1 atom stereocenters. The van der Waals surface area contributed by atoms with Gasteiger partial charge >= 0.3 is 0 Å². The van der Waals surface area contributed by atoms with Crippen LogP contribution in [0.15, 0.2) is 18.3 Å². The van der Waals surface area contributed by atoms with Crippen LogP contribution < -0.4 is 16.6 Å². The van der Waals surface area contributed by atoms with Crippen molar-refractivity contribution in [1.82, 2.24) is 10.3 Å². The van der Waals surface area contributed by atoms with Crippen molar-refractivity contribution in [1.29, 1.82) is 0 Å². The Morgan fingerprint density at radius 1 is 1.50 bits per heavy atom. The molecule has 1 fully saturated rings. The Balaban J connectivity index is 1.82. The molecule has 1 aliphatic heterocycles. The average Bonchev–Trinajstić information content (AvgIpc) is 2.46. The molecule has 18 heavy (non-hydrogen) atoms. The summed E-state index contributed by atoms with van der Waals surface area (Å²) in [6.07, 6.45) is 1.38. The molecule has 1 unspecified atom stereocenters. The molecule has 4 N–H and O–H groups in total. The van der Waals surface area contributed by atoms with Crippen molar-refractivity contribution < 1.29 is 14.3 Å². The van der Waals surface area contributed by atoms with E-state index in [1.54, 1.807) is 12.1 Å². The summed E-state index contributed by atoms with van der Waals surface area (Å²) in [6, 6.07) is 3.28. The van der Waals surface area contributed by atoms with E-state index in [4.69, 9.17) is 15.3 Å². The van der Waals surface area contributed by atoms with Crippen LogP contribution in [0, 0.1) is 0 Å². The van der Waals surface area contributed by atoms with Gasteiger partial charge in [-0.05, 0) is 12.1 Å². The minimum Gasteiger partial charge on any atom is -0.376 e. The third kappa shape index (κ3) is 3.39. The topological polar surface area (TPSA) is 98.5 Å². The maximum absolute atomic E-state index is 11.8. The quantitative estimate of drug-likeness (QED) is 0.494. The SMILES string of the molecule is NNc1ccc(C(=O)NCC2COCCO2)cn1. The second-order valence-electron chi connectivity index (χ2n) is 3.85. The molecule has 7 heteroatoms. The normalized spacial score (nSPS) is 19.3. The van der Waals surface area contributed by atoms with E-state index in [0.717, 1.165) is 0 Å². The summed E-state index contributed by atoms with van der Waals surface area (Å²) in [5.74, 6) is 5.50. The number of carbonyl (C=O) groups excluding carboxylic acids is 1. The van der Waals surface area contributed by atoms with E-state index in [0.29, 0.717) is 37.7 Å². The zero-order valence-corrected chi connectivity index (χ0v) is 9.89. The van der Waals surface area contributed by atoms with Gasteiger partial charge < -0.3 is 20.2 Å². The lowest BCUT2D eigenvalue weighted by molar-refractivity contribution is -0.0855. The standard InChI is InChI=1S/C11H16N4O3/c12-15-10-2-1-8(5-13-10)11(16)14-6-9-7-17-3-4-18-9/h1-2,5,9H,3-4,6-7,12H2,(H,13,15)(H,14,16). The molecule has 0 radical (unpaired) electrons. The predicted molar refractivity (Wildman–Crippen MR) is 64.9 cm³/mol. The zero-order valence-electron chi connectivity index (χ0n) is 9.89. The molecule has 0 bridgehead atoms. The highest BCUT2D eigenvalue weighted by Crippen LogP contribution is 2.04. The fraction of sp³-hybridized carbons (Fsp3) is 0.455. The first-order valence-electron chi connectivity index (χ1n) is 5.70. The molecule has 1 aromatic rings. The van der Waals surface area contributed by atoms with Crippen LogP contribution in [-0.4, -0.2) is 43.4 Å². The molecule has 2 rings (SSSR count). The Kier molecular flexibility index (Phi) is 4.46. The summed E-state index contributed by atoms with van der Waals surface area (Å²) in [6.45, 7) is 2.12. The van der Waals surface area contributed by atoms with Gasteiger partial charge in [-0.2, -0.15) is 0 Å². The van der Waals surface area contributed by atoms with Gasteiger partial charge in [0, 0.05) is 12.7 Å². The van der Waals surface area contributed by atoms with Crippen molar-refractivity contribution in [3.05, 3.63) is 23.9 Å². The average molecular weight is 252 g/mol. The minimum atomic E-state index is -0.194. The maximum atomic E-state index is 11.8. The van der Waals surface area contributed by atoms with Gasteiger partial charge in [0.05, 0.1) is 31.5 Å². The fourth-order valence-electron chi connectivity index (χ4n) is 1.58. The molecule has 7 nitrogen and oxygen atoms in total. The number of carbonyl (C=O) groups is 1. The molecule has 2 heterocycles. The zero-order chi connectivity index (χ0) is 12.8. The molecular formula is C11H16N4O3. The first kappa shape index (κ1) is 12.7. The van der Waals surface area contributed by atoms with Crippen LogP contribution in [0.25, 0.3) is 0 Å². The van der Waals surface area contributed by atoms with Crippen molar-refractivity contribution in [2.45, 2.75) is 6.10 Å². The number of hydrogen-bond acceptors (Lipinski definition) is 6. The number of nitrogens with one attached hydrogen (secondary N) is 2. The van der Waals surface area contributed by atoms with Crippen LogP contribution in [0.4, 0.5) is 5.82 Å². The van der Waals surface area contributed by atoms with Crippen LogP contribution in [0.2, 0.25) is 0 Å². The lowest BCUT2D eigenvalue weighted by atomic mass is 10.2. The number of ether oxygens (including phenoxy) is 2. The Hall–Kier alpha value is -1.70. The summed E-state index contributed by atoms with van der Waals surface area (Å²) in [4.78, 5) is 15.7. The molecular weight excluding hydrogens is 236 g/mol. The van der Waals surface area contributed by atoms with E-state index in [1.807, 2.05) is 0 Å². The van der Waals surface area contributed by atoms with Crippen LogP contribution in [-0.2, 0) is 9.47 Å². The summed E-state index contributed by atoms with van der Waals surface area (Å²) < 4.78 is 10.7. The number of amides is 1. The van der Waals surface area contributed by atoms with E-state index >= 15 is 0 Å². The molecule has 1 saturated heterocycles. The minimum absolute atomic E-state index is 0.0827. The van der Waals surface area contributed by atoms with Crippen LogP contribution >= 0.6 is 0 Å². The van der Waals surface area contributed by atoms with E-state index in [1.165, 1.54) is 6.20 Å².